The summed E-state index contributed by atoms with van der Waals surface area (Å²) in [4.78, 5) is 23.5. The number of carbonyl (C=O) groups is 2. The van der Waals surface area contributed by atoms with Crippen LogP contribution in [0.15, 0.2) is 42.5 Å². The quantitative estimate of drug-likeness (QED) is 0.599. The lowest BCUT2D eigenvalue weighted by molar-refractivity contribution is -0.128. The molecule has 2 N–H and O–H groups in total. The second-order valence-corrected chi connectivity index (χ2v) is 6.34. The molecular weight excluding hydrogens is 375 g/mol. The number of rotatable bonds is 5. The number of hydrogen-bond acceptors (Lipinski definition) is 3. The molecule has 0 radical (unpaired) electrons. The van der Waals surface area contributed by atoms with Crippen LogP contribution in [-0.2, 0) is 9.59 Å². The van der Waals surface area contributed by atoms with E-state index < -0.39 is 11.8 Å². The second-order valence-electron chi connectivity index (χ2n) is 5.55. The van der Waals surface area contributed by atoms with E-state index in [2.05, 4.69) is 10.9 Å². The predicted octanol–water partition coefficient (Wildman–Crippen LogP) is 3.85. The zero-order chi connectivity index (χ0) is 19.1. The number of benzene rings is 2. The zero-order valence-electron chi connectivity index (χ0n) is 14.3. The highest BCUT2D eigenvalue weighted by Gasteiger charge is 2.07. The molecule has 0 aliphatic heterocycles. The first-order valence-corrected chi connectivity index (χ1v) is 8.53. The maximum atomic E-state index is 11.8. The van der Waals surface area contributed by atoms with Crippen LogP contribution < -0.4 is 15.6 Å². The van der Waals surface area contributed by atoms with Crippen molar-refractivity contribution in [2.45, 2.75) is 13.8 Å². The van der Waals surface area contributed by atoms with Crippen LogP contribution in [0.1, 0.15) is 16.7 Å². The molecule has 26 heavy (non-hydrogen) atoms. The first kappa shape index (κ1) is 19.8. The first-order valence-electron chi connectivity index (χ1n) is 7.78. The van der Waals surface area contributed by atoms with E-state index in [1.807, 2.05) is 19.9 Å². The lowest BCUT2D eigenvalue weighted by Crippen LogP contribution is -2.43. The van der Waals surface area contributed by atoms with Crippen LogP contribution in [0.5, 0.6) is 5.75 Å². The summed E-state index contributed by atoms with van der Waals surface area (Å²) in [6.45, 7) is 3.47. The van der Waals surface area contributed by atoms with E-state index in [4.69, 9.17) is 27.9 Å². The van der Waals surface area contributed by atoms with Crippen LogP contribution in [0.2, 0.25) is 10.0 Å². The molecule has 0 heterocycles. The Labute approximate surface area is 161 Å². The smallest absolute Gasteiger partial charge is 0.276 e. The summed E-state index contributed by atoms with van der Waals surface area (Å²) in [6.07, 6.45) is 2.83. The van der Waals surface area contributed by atoms with Crippen molar-refractivity contribution >= 4 is 41.1 Å². The number of carbonyl (C=O) groups excluding carboxylic acids is 2. The van der Waals surface area contributed by atoms with Crippen LogP contribution in [0.25, 0.3) is 6.08 Å². The van der Waals surface area contributed by atoms with E-state index >= 15 is 0 Å². The molecule has 0 aliphatic rings. The van der Waals surface area contributed by atoms with Gasteiger partial charge in [0.2, 0.25) is 0 Å². The normalized spacial score (nSPS) is 10.6. The van der Waals surface area contributed by atoms with Gasteiger partial charge in [0, 0.05) is 16.1 Å². The van der Waals surface area contributed by atoms with Crippen LogP contribution in [0, 0.1) is 13.8 Å². The van der Waals surface area contributed by atoms with Crippen molar-refractivity contribution in [3.63, 3.8) is 0 Å². The Bertz CT molecular complexity index is 827. The molecule has 2 amide bonds. The number of nitrogens with one attached hydrogen (secondary N) is 2. The van der Waals surface area contributed by atoms with Crippen molar-refractivity contribution in [2.24, 2.45) is 0 Å². The SMILES string of the molecule is Cc1cc(OCC(=O)NNC(=O)C=Cc2ccccc2Cl)cc(C)c1Cl. The van der Waals surface area contributed by atoms with Crippen molar-refractivity contribution in [1.29, 1.82) is 0 Å². The zero-order valence-corrected chi connectivity index (χ0v) is 15.8. The van der Waals surface area contributed by atoms with Crippen LogP contribution >= 0.6 is 23.2 Å². The van der Waals surface area contributed by atoms with E-state index in [0.717, 1.165) is 11.1 Å². The van der Waals surface area contributed by atoms with E-state index in [0.29, 0.717) is 21.4 Å². The molecule has 0 aliphatic carbocycles. The highest BCUT2D eigenvalue weighted by Crippen LogP contribution is 2.25. The lowest BCUT2D eigenvalue weighted by Gasteiger charge is -2.10. The Balaban J connectivity index is 1.80. The average Bonchev–Trinajstić information content (AvgIpc) is 2.61. The van der Waals surface area contributed by atoms with Gasteiger partial charge in [0.1, 0.15) is 5.75 Å². The highest BCUT2D eigenvalue weighted by molar-refractivity contribution is 6.32. The first-order chi connectivity index (χ1) is 12.4. The van der Waals surface area contributed by atoms with E-state index in [-0.39, 0.29) is 6.61 Å². The van der Waals surface area contributed by atoms with Crippen molar-refractivity contribution in [1.82, 2.24) is 10.9 Å². The Kier molecular flexibility index (Phi) is 7.06. The summed E-state index contributed by atoms with van der Waals surface area (Å²) in [7, 11) is 0. The topological polar surface area (TPSA) is 67.4 Å². The number of halogens is 2. The average molecular weight is 393 g/mol. The fraction of sp³-hybridized carbons (Fsp3) is 0.158. The van der Waals surface area contributed by atoms with Crippen LogP contribution in [0.4, 0.5) is 0 Å². The lowest BCUT2D eigenvalue weighted by atomic mass is 10.1. The van der Waals surface area contributed by atoms with Crippen molar-refractivity contribution in [3.8, 4) is 5.75 Å². The molecule has 0 unspecified atom stereocenters. The Morgan fingerprint density at radius 1 is 1.08 bits per heavy atom. The summed E-state index contributed by atoms with van der Waals surface area (Å²) < 4.78 is 5.40. The number of ether oxygens (including phenoxy) is 1. The fourth-order valence-corrected chi connectivity index (χ4v) is 2.43. The summed E-state index contributed by atoms with van der Waals surface area (Å²) in [5.41, 5.74) is 6.96. The fourth-order valence-electron chi connectivity index (χ4n) is 2.12. The largest absolute Gasteiger partial charge is 0.484 e. The summed E-state index contributed by atoms with van der Waals surface area (Å²) in [6, 6.07) is 10.6. The molecule has 0 aromatic heterocycles. The maximum Gasteiger partial charge on any atom is 0.276 e. The summed E-state index contributed by atoms with van der Waals surface area (Å²) in [5, 5.41) is 1.20. The maximum absolute atomic E-state index is 11.8. The van der Waals surface area contributed by atoms with E-state index in [1.54, 1.807) is 36.4 Å². The molecule has 5 nitrogen and oxygen atoms in total. The number of hydrazine groups is 1. The number of aryl methyl sites for hydroxylation is 2. The molecule has 0 spiro atoms. The van der Waals surface area contributed by atoms with Gasteiger partial charge in [-0.2, -0.15) is 0 Å². The van der Waals surface area contributed by atoms with Crippen LogP contribution in [0.3, 0.4) is 0 Å². The third-order valence-corrected chi connectivity index (χ3v) is 4.36. The molecule has 2 aromatic rings. The minimum absolute atomic E-state index is 0.241. The Morgan fingerprint density at radius 2 is 1.73 bits per heavy atom. The second kappa shape index (κ2) is 9.27. The molecule has 0 bridgehead atoms. The predicted molar refractivity (Wildman–Crippen MR) is 103 cm³/mol. The van der Waals surface area contributed by atoms with Gasteiger partial charge < -0.3 is 4.74 Å². The number of hydrogen-bond donors (Lipinski definition) is 2. The third kappa shape index (κ3) is 5.79. The van der Waals surface area contributed by atoms with Gasteiger partial charge in [-0.15, -0.1) is 0 Å². The van der Waals surface area contributed by atoms with Gasteiger partial charge in [-0.25, -0.2) is 0 Å². The highest BCUT2D eigenvalue weighted by atomic mass is 35.5. The molecule has 0 saturated heterocycles. The Hall–Kier alpha value is -2.50. The van der Waals surface area contributed by atoms with Gasteiger partial charge in [-0.3, -0.25) is 20.4 Å². The van der Waals surface area contributed by atoms with Gasteiger partial charge >= 0.3 is 0 Å². The molecule has 0 atom stereocenters. The summed E-state index contributed by atoms with van der Waals surface area (Å²) >= 11 is 12.1. The standard InChI is InChI=1S/C19H18Cl2N2O3/c1-12-9-15(10-13(2)19(12)21)26-11-18(25)23-22-17(24)8-7-14-5-3-4-6-16(14)20/h3-10H,11H2,1-2H3,(H,22,24)(H,23,25). The molecule has 2 rings (SSSR count). The van der Waals surface area contributed by atoms with Gasteiger partial charge in [0.15, 0.2) is 6.61 Å². The van der Waals surface area contributed by atoms with Gasteiger partial charge in [0.05, 0.1) is 0 Å². The van der Waals surface area contributed by atoms with Gasteiger partial charge in [-0.1, -0.05) is 41.4 Å². The van der Waals surface area contributed by atoms with Gasteiger partial charge in [0.25, 0.3) is 11.8 Å². The van der Waals surface area contributed by atoms with Crippen molar-refractivity contribution < 1.29 is 14.3 Å². The van der Waals surface area contributed by atoms with Crippen molar-refractivity contribution in [2.75, 3.05) is 6.61 Å². The third-order valence-electron chi connectivity index (χ3n) is 3.42. The Morgan fingerprint density at radius 3 is 2.38 bits per heavy atom. The van der Waals surface area contributed by atoms with Crippen LogP contribution in [-0.4, -0.2) is 18.4 Å². The molecule has 136 valence electrons. The minimum atomic E-state index is -0.491. The number of amides is 2. The molecule has 2 aromatic carbocycles. The summed E-state index contributed by atoms with van der Waals surface area (Å²) in [5.74, 6) is -0.448. The molecule has 7 heteroatoms. The van der Waals surface area contributed by atoms with Gasteiger partial charge in [-0.05, 0) is 54.8 Å². The molecule has 0 fully saturated rings. The minimum Gasteiger partial charge on any atom is -0.484 e. The van der Waals surface area contributed by atoms with E-state index in [1.165, 1.54) is 6.08 Å². The monoisotopic (exact) mass is 392 g/mol. The van der Waals surface area contributed by atoms with Crippen molar-refractivity contribution in [3.05, 3.63) is 69.2 Å². The van der Waals surface area contributed by atoms with E-state index in [9.17, 15) is 9.59 Å². The molecular formula is C19H18Cl2N2O3. The molecule has 0 saturated carbocycles.